The lowest BCUT2D eigenvalue weighted by Gasteiger charge is -2.11. The van der Waals surface area contributed by atoms with Crippen molar-refractivity contribution in [2.45, 2.75) is 12.1 Å². The van der Waals surface area contributed by atoms with Gasteiger partial charge >= 0.3 is 0 Å². The van der Waals surface area contributed by atoms with E-state index in [-0.39, 0.29) is 11.7 Å². The fourth-order valence-electron chi connectivity index (χ4n) is 3.17. The summed E-state index contributed by atoms with van der Waals surface area (Å²) in [6, 6.07) is 21.4. The lowest BCUT2D eigenvalue weighted by atomic mass is 10.2. The molecule has 8 nitrogen and oxygen atoms in total. The van der Waals surface area contributed by atoms with Gasteiger partial charge in [0.25, 0.3) is 5.91 Å². The van der Waals surface area contributed by atoms with Gasteiger partial charge in [0.2, 0.25) is 0 Å². The standard InChI is InChI=1S/C24H24N6O2S/c1-3-32-21-13-11-19(12-14-21)30-23(18-8-5-4-6-9-18)27-28-24(30)33-17-22(31)26-25-16-20-10-7-15-29(20)2/h4-16H,3,17H2,1-2H3,(H,26,31)/b25-16+. The first-order valence-corrected chi connectivity index (χ1v) is 11.4. The molecule has 0 fully saturated rings. The molecule has 0 saturated heterocycles. The van der Waals surface area contributed by atoms with Crippen LogP contribution in [-0.2, 0) is 11.8 Å². The summed E-state index contributed by atoms with van der Waals surface area (Å²) in [7, 11) is 1.91. The summed E-state index contributed by atoms with van der Waals surface area (Å²) in [5.41, 5.74) is 5.27. The Balaban J connectivity index is 1.52. The second-order valence-electron chi connectivity index (χ2n) is 7.06. The van der Waals surface area contributed by atoms with Gasteiger partial charge in [0.15, 0.2) is 11.0 Å². The van der Waals surface area contributed by atoms with Crippen molar-refractivity contribution in [1.29, 1.82) is 0 Å². The molecule has 2 aromatic heterocycles. The lowest BCUT2D eigenvalue weighted by molar-refractivity contribution is -0.118. The van der Waals surface area contributed by atoms with Crippen LogP contribution in [0.4, 0.5) is 0 Å². The van der Waals surface area contributed by atoms with Crippen molar-refractivity contribution in [3.63, 3.8) is 0 Å². The smallest absolute Gasteiger partial charge is 0.250 e. The first-order valence-electron chi connectivity index (χ1n) is 10.5. The zero-order valence-electron chi connectivity index (χ0n) is 18.4. The SMILES string of the molecule is CCOc1ccc(-n2c(SCC(=O)N/N=C/c3cccn3C)nnc2-c2ccccc2)cc1. The van der Waals surface area contributed by atoms with Crippen molar-refractivity contribution >= 4 is 23.9 Å². The van der Waals surface area contributed by atoms with Gasteiger partial charge in [0.05, 0.1) is 24.3 Å². The van der Waals surface area contributed by atoms with Crippen molar-refractivity contribution in [3.05, 3.63) is 78.6 Å². The van der Waals surface area contributed by atoms with E-state index in [1.165, 1.54) is 11.8 Å². The zero-order chi connectivity index (χ0) is 23.0. The monoisotopic (exact) mass is 460 g/mol. The average molecular weight is 461 g/mol. The highest BCUT2D eigenvalue weighted by molar-refractivity contribution is 7.99. The molecule has 4 rings (SSSR count). The number of thioether (sulfide) groups is 1. The highest BCUT2D eigenvalue weighted by Gasteiger charge is 2.17. The Morgan fingerprint density at radius 3 is 2.58 bits per heavy atom. The molecule has 4 aromatic rings. The Morgan fingerprint density at radius 1 is 1.09 bits per heavy atom. The molecule has 2 heterocycles. The predicted octanol–water partition coefficient (Wildman–Crippen LogP) is 3.91. The van der Waals surface area contributed by atoms with E-state index in [2.05, 4.69) is 20.7 Å². The topological polar surface area (TPSA) is 86.3 Å². The number of rotatable bonds is 9. The Kier molecular flexibility index (Phi) is 7.21. The average Bonchev–Trinajstić information content (AvgIpc) is 3.45. The van der Waals surface area contributed by atoms with Gasteiger partial charge in [-0.05, 0) is 43.3 Å². The molecular weight excluding hydrogens is 436 g/mol. The van der Waals surface area contributed by atoms with E-state index in [0.29, 0.717) is 17.6 Å². The van der Waals surface area contributed by atoms with Crippen LogP contribution in [0.1, 0.15) is 12.6 Å². The van der Waals surface area contributed by atoms with Gasteiger partial charge in [-0.3, -0.25) is 9.36 Å². The van der Waals surface area contributed by atoms with Crippen LogP contribution in [0, 0.1) is 0 Å². The Morgan fingerprint density at radius 2 is 1.88 bits per heavy atom. The van der Waals surface area contributed by atoms with Crippen LogP contribution in [0.2, 0.25) is 0 Å². The Labute approximate surface area is 196 Å². The molecule has 0 atom stereocenters. The minimum atomic E-state index is -0.229. The normalized spacial score (nSPS) is 11.1. The van der Waals surface area contributed by atoms with E-state index >= 15 is 0 Å². The second kappa shape index (κ2) is 10.6. The quantitative estimate of drug-likeness (QED) is 0.232. The van der Waals surface area contributed by atoms with Crippen LogP contribution in [0.15, 0.2) is 83.2 Å². The van der Waals surface area contributed by atoms with Crippen LogP contribution in [0.25, 0.3) is 17.1 Å². The van der Waals surface area contributed by atoms with Crippen molar-refractivity contribution in [2.24, 2.45) is 12.1 Å². The van der Waals surface area contributed by atoms with Gasteiger partial charge in [-0.2, -0.15) is 5.10 Å². The summed E-state index contributed by atoms with van der Waals surface area (Å²) in [6.45, 7) is 2.55. The Bertz CT molecular complexity index is 1230. The molecule has 1 N–H and O–H groups in total. The van der Waals surface area contributed by atoms with E-state index in [1.807, 2.05) is 96.0 Å². The molecule has 0 aliphatic rings. The number of carbonyl (C=O) groups is 1. The van der Waals surface area contributed by atoms with E-state index < -0.39 is 0 Å². The predicted molar refractivity (Wildman–Crippen MR) is 130 cm³/mol. The highest BCUT2D eigenvalue weighted by Crippen LogP contribution is 2.28. The van der Waals surface area contributed by atoms with E-state index in [0.717, 1.165) is 22.7 Å². The maximum absolute atomic E-state index is 12.3. The minimum absolute atomic E-state index is 0.147. The van der Waals surface area contributed by atoms with Gasteiger partial charge < -0.3 is 9.30 Å². The molecule has 0 bridgehead atoms. The number of hydrazone groups is 1. The number of aryl methyl sites for hydroxylation is 1. The second-order valence-corrected chi connectivity index (χ2v) is 8.00. The van der Waals surface area contributed by atoms with Gasteiger partial charge in [0.1, 0.15) is 5.75 Å². The Hall–Kier alpha value is -3.85. The van der Waals surface area contributed by atoms with Gasteiger partial charge in [-0.25, -0.2) is 5.43 Å². The van der Waals surface area contributed by atoms with Crippen molar-refractivity contribution in [2.75, 3.05) is 12.4 Å². The first-order chi connectivity index (χ1) is 16.2. The van der Waals surface area contributed by atoms with Gasteiger partial charge in [0, 0.05) is 24.5 Å². The fourth-order valence-corrected chi connectivity index (χ4v) is 3.91. The number of amides is 1. The van der Waals surface area contributed by atoms with Crippen LogP contribution in [0.5, 0.6) is 5.75 Å². The summed E-state index contributed by atoms with van der Waals surface area (Å²) in [6.07, 6.45) is 3.52. The van der Waals surface area contributed by atoms with Crippen LogP contribution < -0.4 is 10.2 Å². The number of nitrogens with zero attached hydrogens (tertiary/aromatic N) is 5. The molecule has 0 aliphatic heterocycles. The largest absolute Gasteiger partial charge is 0.494 e. The summed E-state index contributed by atoms with van der Waals surface area (Å²) in [4.78, 5) is 12.3. The summed E-state index contributed by atoms with van der Waals surface area (Å²) in [5, 5.41) is 13.4. The molecule has 0 radical (unpaired) electrons. The third kappa shape index (κ3) is 5.50. The third-order valence-corrected chi connectivity index (χ3v) is 5.70. The summed E-state index contributed by atoms with van der Waals surface area (Å²) >= 11 is 1.30. The number of aromatic nitrogens is 4. The molecule has 33 heavy (non-hydrogen) atoms. The van der Waals surface area contributed by atoms with Crippen LogP contribution in [-0.4, -0.2) is 43.8 Å². The van der Waals surface area contributed by atoms with Crippen LogP contribution >= 0.6 is 11.8 Å². The van der Waals surface area contributed by atoms with Gasteiger partial charge in [-0.15, -0.1) is 10.2 Å². The highest BCUT2D eigenvalue weighted by atomic mass is 32.2. The molecule has 2 aromatic carbocycles. The van der Waals surface area contributed by atoms with E-state index in [1.54, 1.807) is 6.21 Å². The molecule has 1 amide bonds. The summed E-state index contributed by atoms with van der Waals surface area (Å²) in [5.74, 6) is 1.41. The molecule has 9 heteroatoms. The lowest BCUT2D eigenvalue weighted by Crippen LogP contribution is -2.20. The maximum atomic E-state index is 12.3. The van der Waals surface area contributed by atoms with E-state index in [4.69, 9.17) is 4.74 Å². The molecule has 0 spiro atoms. The first kappa shape index (κ1) is 22.3. The fraction of sp³-hybridized carbons (Fsp3) is 0.167. The number of ether oxygens (including phenoxy) is 1. The van der Waals surface area contributed by atoms with Crippen LogP contribution in [0.3, 0.4) is 0 Å². The number of carbonyl (C=O) groups excluding carboxylic acids is 1. The van der Waals surface area contributed by atoms with Crippen molar-refractivity contribution in [3.8, 4) is 22.8 Å². The molecule has 0 unspecified atom stereocenters. The van der Waals surface area contributed by atoms with E-state index in [9.17, 15) is 4.79 Å². The van der Waals surface area contributed by atoms with Crippen molar-refractivity contribution < 1.29 is 9.53 Å². The number of hydrogen-bond donors (Lipinski definition) is 1. The zero-order valence-corrected chi connectivity index (χ0v) is 19.2. The molecule has 0 saturated carbocycles. The number of nitrogens with one attached hydrogen (secondary N) is 1. The third-order valence-electron chi connectivity index (χ3n) is 4.77. The molecule has 0 aliphatic carbocycles. The molecule has 168 valence electrons. The minimum Gasteiger partial charge on any atom is -0.494 e. The summed E-state index contributed by atoms with van der Waals surface area (Å²) < 4.78 is 9.41. The maximum Gasteiger partial charge on any atom is 0.250 e. The van der Waals surface area contributed by atoms with Gasteiger partial charge in [-0.1, -0.05) is 42.1 Å². The number of benzene rings is 2. The number of hydrogen-bond acceptors (Lipinski definition) is 6. The van der Waals surface area contributed by atoms with Crippen molar-refractivity contribution in [1.82, 2.24) is 24.8 Å². The molecular formula is C24H24N6O2S.